The van der Waals surface area contributed by atoms with Gasteiger partial charge in [-0.25, -0.2) is 0 Å². The number of anilines is 2. The molecular formula is C21H25N3O3. The summed E-state index contributed by atoms with van der Waals surface area (Å²) in [5.74, 6) is 1.03. The van der Waals surface area contributed by atoms with E-state index < -0.39 is 0 Å². The fourth-order valence-corrected chi connectivity index (χ4v) is 4.48. The third-order valence-corrected chi connectivity index (χ3v) is 5.94. The summed E-state index contributed by atoms with van der Waals surface area (Å²) in [4.78, 5) is 24.7. The van der Waals surface area contributed by atoms with Crippen LogP contribution in [0.5, 0.6) is 0 Å². The lowest BCUT2D eigenvalue weighted by atomic mass is 9.65. The number of rotatable bonds is 4. The van der Waals surface area contributed by atoms with Gasteiger partial charge in [-0.2, -0.15) is 0 Å². The summed E-state index contributed by atoms with van der Waals surface area (Å²) < 4.78 is 5.07. The topological polar surface area (TPSA) is 97.4 Å². The Bertz CT molecular complexity index is 787. The maximum Gasteiger partial charge on any atom is 0.291 e. The van der Waals surface area contributed by atoms with E-state index in [0.717, 1.165) is 31.4 Å². The van der Waals surface area contributed by atoms with Crippen molar-refractivity contribution in [3.8, 4) is 0 Å². The Morgan fingerprint density at radius 3 is 2.19 bits per heavy atom. The molecule has 1 aromatic carbocycles. The predicted molar refractivity (Wildman–Crippen MR) is 103 cm³/mol. The van der Waals surface area contributed by atoms with Crippen LogP contribution in [0.25, 0.3) is 0 Å². The standard InChI is InChI=1S/C21H25N3O3/c22-19-13-3-1-4-14(19)12-15(11-13)20(25)23-16-6-8-17(9-7-16)24-21(26)18-5-2-10-27-18/h2,5-10,13-15,19H,1,3-4,11-12,22H2,(H,23,25)(H,24,26). The molecule has 0 spiro atoms. The van der Waals surface area contributed by atoms with Crippen molar-refractivity contribution in [2.75, 3.05) is 10.6 Å². The molecule has 0 aliphatic heterocycles. The Balaban J connectivity index is 1.34. The summed E-state index contributed by atoms with van der Waals surface area (Å²) in [7, 11) is 0. The SMILES string of the molecule is NC1C2CCCC1CC(C(=O)Nc1ccc(NC(=O)c3ccco3)cc1)C2. The molecule has 2 aliphatic carbocycles. The van der Waals surface area contributed by atoms with Crippen LogP contribution in [-0.2, 0) is 4.79 Å². The van der Waals surface area contributed by atoms with E-state index in [1.54, 1.807) is 36.4 Å². The van der Waals surface area contributed by atoms with Crippen LogP contribution in [0.3, 0.4) is 0 Å². The maximum absolute atomic E-state index is 12.7. The van der Waals surface area contributed by atoms with Gasteiger partial charge in [0.2, 0.25) is 5.91 Å². The number of amides is 2. The van der Waals surface area contributed by atoms with Crippen LogP contribution in [0, 0.1) is 17.8 Å². The lowest BCUT2D eigenvalue weighted by Gasteiger charge is -2.43. The fraction of sp³-hybridized carbons (Fsp3) is 0.429. The van der Waals surface area contributed by atoms with Gasteiger partial charge in [-0.05, 0) is 73.9 Å². The number of carbonyl (C=O) groups excluding carboxylic acids is 2. The van der Waals surface area contributed by atoms with Gasteiger partial charge in [0.15, 0.2) is 5.76 Å². The lowest BCUT2D eigenvalue weighted by molar-refractivity contribution is -0.122. The first-order valence-electron chi connectivity index (χ1n) is 9.61. The molecular weight excluding hydrogens is 342 g/mol. The highest BCUT2D eigenvalue weighted by Gasteiger charge is 2.40. The van der Waals surface area contributed by atoms with Crippen molar-refractivity contribution in [2.24, 2.45) is 23.5 Å². The van der Waals surface area contributed by atoms with E-state index in [1.165, 1.54) is 12.7 Å². The summed E-state index contributed by atoms with van der Waals surface area (Å²) >= 11 is 0. The summed E-state index contributed by atoms with van der Waals surface area (Å²) in [6, 6.07) is 10.7. The number of furan rings is 1. The molecule has 0 radical (unpaired) electrons. The highest BCUT2D eigenvalue weighted by Crippen LogP contribution is 2.42. The van der Waals surface area contributed by atoms with Crippen molar-refractivity contribution in [3.63, 3.8) is 0 Å². The molecule has 6 heteroatoms. The van der Waals surface area contributed by atoms with E-state index in [1.807, 2.05) is 0 Å². The van der Waals surface area contributed by atoms with Crippen LogP contribution in [0.4, 0.5) is 11.4 Å². The van der Waals surface area contributed by atoms with Crippen molar-refractivity contribution in [2.45, 2.75) is 38.1 Å². The second-order valence-electron chi connectivity index (χ2n) is 7.69. The first-order valence-corrected chi connectivity index (χ1v) is 9.61. The molecule has 2 amide bonds. The van der Waals surface area contributed by atoms with Crippen LogP contribution >= 0.6 is 0 Å². The molecule has 2 bridgehead atoms. The van der Waals surface area contributed by atoms with Crippen LogP contribution in [0.15, 0.2) is 47.1 Å². The van der Waals surface area contributed by atoms with Gasteiger partial charge in [-0.15, -0.1) is 0 Å². The minimum Gasteiger partial charge on any atom is -0.459 e. The number of nitrogens with two attached hydrogens (primary N) is 1. The molecule has 4 N–H and O–H groups in total. The first-order chi connectivity index (χ1) is 13.1. The second kappa shape index (κ2) is 7.56. The summed E-state index contributed by atoms with van der Waals surface area (Å²) in [5, 5.41) is 5.77. The Morgan fingerprint density at radius 2 is 1.59 bits per heavy atom. The number of hydrogen-bond acceptors (Lipinski definition) is 4. The van der Waals surface area contributed by atoms with E-state index in [-0.39, 0.29) is 29.5 Å². The van der Waals surface area contributed by atoms with Crippen LogP contribution in [-0.4, -0.2) is 17.9 Å². The van der Waals surface area contributed by atoms with Gasteiger partial charge in [0.1, 0.15) is 0 Å². The number of fused-ring (bicyclic) bond motifs is 2. The van der Waals surface area contributed by atoms with E-state index in [4.69, 9.17) is 10.2 Å². The first kappa shape index (κ1) is 17.8. The predicted octanol–water partition coefficient (Wildman–Crippen LogP) is 3.62. The quantitative estimate of drug-likeness (QED) is 0.769. The monoisotopic (exact) mass is 367 g/mol. The normalized spacial score (nSPS) is 27.0. The molecule has 142 valence electrons. The highest BCUT2D eigenvalue weighted by molar-refractivity contribution is 6.02. The van der Waals surface area contributed by atoms with Crippen molar-refractivity contribution in [1.29, 1.82) is 0 Å². The number of nitrogens with one attached hydrogen (secondary N) is 2. The Labute approximate surface area is 158 Å². The zero-order valence-electron chi connectivity index (χ0n) is 15.2. The molecule has 2 saturated carbocycles. The van der Waals surface area contributed by atoms with E-state index in [9.17, 15) is 9.59 Å². The van der Waals surface area contributed by atoms with Crippen molar-refractivity contribution < 1.29 is 14.0 Å². The maximum atomic E-state index is 12.7. The van der Waals surface area contributed by atoms with Crippen molar-refractivity contribution >= 4 is 23.2 Å². The minimum atomic E-state index is -0.304. The van der Waals surface area contributed by atoms with Gasteiger partial charge < -0.3 is 20.8 Å². The second-order valence-corrected chi connectivity index (χ2v) is 7.69. The van der Waals surface area contributed by atoms with Crippen molar-refractivity contribution in [3.05, 3.63) is 48.4 Å². The smallest absolute Gasteiger partial charge is 0.291 e. The van der Waals surface area contributed by atoms with Gasteiger partial charge >= 0.3 is 0 Å². The number of hydrogen-bond donors (Lipinski definition) is 3. The third-order valence-electron chi connectivity index (χ3n) is 5.94. The highest BCUT2D eigenvalue weighted by atomic mass is 16.3. The zero-order valence-corrected chi connectivity index (χ0v) is 15.2. The largest absolute Gasteiger partial charge is 0.459 e. The van der Waals surface area contributed by atoms with E-state index in [2.05, 4.69) is 10.6 Å². The van der Waals surface area contributed by atoms with E-state index >= 15 is 0 Å². The van der Waals surface area contributed by atoms with Gasteiger partial charge in [-0.3, -0.25) is 9.59 Å². The molecule has 1 heterocycles. The zero-order chi connectivity index (χ0) is 18.8. The number of carbonyl (C=O) groups is 2. The van der Waals surface area contributed by atoms with E-state index in [0.29, 0.717) is 17.5 Å². The van der Waals surface area contributed by atoms with Crippen LogP contribution in [0.2, 0.25) is 0 Å². The molecule has 2 atom stereocenters. The average Bonchev–Trinajstić information content (AvgIpc) is 3.18. The number of benzene rings is 1. The summed E-state index contributed by atoms with van der Waals surface area (Å²) in [6.07, 6.45) is 6.76. The Kier molecular flexibility index (Phi) is 4.99. The molecule has 6 nitrogen and oxygen atoms in total. The van der Waals surface area contributed by atoms with Crippen molar-refractivity contribution in [1.82, 2.24) is 0 Å². The molecule has 4 rings (SSSR count). The third kappa shape index (κ3) is 3.90. The lowest BCUT2D eigenvalue weighted by Crippen LogP contribution is -2.48. The molecule has 2 fully saturated rings. The minimum absolute atomic E-state index is 0.0402. The Hall–Kier alpha value is -2.60. The molecule has 2 aliphatic rings. The van der Waals surface area contributed by atoms with Gasteiger partial charge in [0.25, 0.3) is 5.91 Å². The van der Waals surface area contributed by atoms with Gasteiger partial charge in [0, 0.05) is 23.3 Å². The average molecular weight is 367 g/mol. The fourth-order valence-electron chi connectivity index (χ4n) is 4.48. The Morgan fingerprint density at radius 1 is 0.963 bits per heavy atom. The summed E-state index contributed by atoms with van der Waals surface area (Å²) in [6.45, 7) is 0. The van der Waals surface area contributed by atoms with Gasteiger partial charge in [-0.1, -0.05) is 6.42 Å². The molecule has 2 unspecified atom stereocenters. The van der Waals surface area contributed by atoms with Gasteiger partial charge in [0.05, 0.1) is 6.26 Å². The van der Waals surface area contributed by atoms with Crippen LogP contribution in [0.1, 0.15) is 42.7 Å². The molecule has 1 aromatic heterocycles. The summed E-state index contributed by atoms with van der Waals surface area (Å²) in [5.41, 5.74) is 7.70. The van der Waals surface area contributed by atoms with Crippen LogP contribution < -0.4 is 16.4 Å². The molecule has 27 heavy (non-hydrogen) atoms. The molecule has 0 saturated heterocycles. The molecule has 2 aromatic rings.